The zero-order valence-electron chi connectivity index (χ0n) is 16.5. The van der Waals surface area contributed by atoms with Crippen LogP contribution in [0.4, 0.5) is 5.69 Å². The molecular weight excluding hydrogens is 384 g/mol. The Balaban J connectivity index is 2.03. The lowest BCUT2D eigenvalue weighted by atomic mass is 10.0. The molecule has 0 heterocycles. The molecule has 0 aromatic heterocycles. The summed E-state index contributed by atoms with van der Waals surface area (Å²) in [4.78, 5) is 12.7. The van der Waals surface area contributed by atoms with Gasteiger partial charge in [0.15, 0.2) is 0 Å². The first kappa shape index (κ1) is 20.4. The molecule has 3 rings (SSSR count). The molecule has 29 heavy (non-hydrogen) atoms. The zero-order chi connectivity index (χ0) is 21.0. The van der Waals surface area contributed by atoms with Gasteiger partial charge in [-0.3, -0.25) is 4.79 Å². The molecule has 0 saturated carbocycles. The first-order valence-electron chi connectivity index (χ1n) is 9.26. The van der Waals surface area contributed by atoms with Crippen LogP contribution in [0, 0.1) is 18.3 Å². The first-order valence-corrected chi connectivity index (χ1v) is 9.64. The Morgan fingerprint density at radius 3 is 2.62 bits per heavy atom. The topological polar surface area (TPSA) is 62.1 Å². The van der Waals surface area contributed by atoms with Gasteiger partial charge in [-0.1, -0.05) is 48.0 Å². The number of nitrogens with one attached hydrogen (secondary N) is 1. The number of anilines is 1. The maximum atomic E-state index is 12.7. The largest absolute Gasteiger partial charge is 0.490 e. The molecule has 4 nitrogen and oxygen atoms in total. The van der Waals surface area contributed by atoms with Crippen LogP contribution in [0.25, 0.3) is 16.8 Å². The highest BCUT2D eigenvalue weighted by Gasteiger charge is 2.14. The molecule has 3 aromatic rings. The molecular formula is C24H21ClN2O2. The van der Waals surface area contributed by atoms with Crippen molar-refractivity contribution in [3.8, 4) is 11.8 Å². The molecule has 0 aliphatic rings. The maximum absolute atomic E-state index is 12.7. The predicted octanol–water partition coefficient (Wildman–Crippen LogP) is 6.13. The standard InChI is InChI=1S/C24H21ClN2O2/c1-15(2)29-23-11-9-17-6-4-5-7-20(17)21(23)12-18(14-26)24(28)27-19-10-8-16(3)22(25)13-19/h4-13,15H,1-3H3,(H,27,28)/b18-12+. The van der Waals surface area contributed by atoms with Gasteiger partial charge in [0.05, 0.1) is 6.10 Å². The number of benzene rings is 3. The van der Waals surface area contributed by atoms with Gasteiger partial charge in [-0.25, -0.2) is 0 Å². The number of amides is 1. The van der Waals surface area contributed by atoms with Crippen LogP contribution in [-0.2, 0) is 4.79 Å². The second-order valence-corrected chi connectivity index (χ2v) is 7.36. The van der Waals surface area contributed by atoms with Crippen molar-refractivity contribution in [3.63, 3.8) is 0 Å². The lowest BCUT2D eigenvalue weighted by molar-refractivity contribution is -0.112. The van der Waals surface area contributed by atoms with E-state index in [9.17, 15) is 10.1 Å². The molecule has 0 bridgehead atoms. The smallest absolute Gasteiger partial charge is 0.266 e. The lowest BCUT2D eigenvalue weighted by Gasteiger charge is -2.15. The third kappa shape index (κ3) is 4.77. The number of aryl methyl sites for hydroxylation is 1. The number of nitrogens with zero attached hydrogens (tertiary/aromatic N) is 1. The van der Waals surface area contributed by atoms with Gasteiger partial charge in [-0.15, -0.1) is 0 Å². The third-order valence-electron chi connectivity index (χ3n) is 4.38. The number of ether oxygens (including phenoxy) is 1. The predicted molar refractivity (Wildman–Crippen MR) is 118 cm³/mol. The average Bonchev–Trinajstić information content (AvgIpc) is 2.69. The molecule has 0 aliphatic carbocycles. The highest BCUT2D eigenvalue weighted by molar-refractivity contribution is 6.31. The summed E-state index contributed by atoms with van der Waals surface area (Å²) in [7, 11) is 0. The normalized spacial score (nSPS) is 11.4. The molecule has 0 saturated heterocycles. The zero-order valence-corrected chi connectivity index (χ0v) is 17.2. The number of nitriles is 1. The molecule has 0 unspecified atom stereocenters. The van der Waals surface area contributed by atoms with Crippen molar-refractivity contribution in [2.24, 2.45) is 0 Å². The van der Waals surface area contributed by atoms with Gasteiger partial charge in [0, 0.05) is 16.3 Å². The van der Waals surface area contributed by atoms with Crippen LogP contribution in [0.2, 0.25) is 5.02 Å². The Kier molecular flexibility index (Phi) is 6.21. The monoisotopic (exact) mass is 404 g/mol. The number of carbonyl (C=O) groups excluding carboxylic acids is 1. The van der Waals surface area contributed by atoms with Crippen molar-refractivity contribution >= 4 is 40.0 Å². The number of hydrogen-bond acceptors (Lipinski definition) is 3. The minimum atomic E-state index is -0.504. The quantitative estimate of drug-likeness (QED) is 0.410. The van der Waals surface area contributed by atoms with E-state index in [2.05, 4.69) is 5.32 Å². The number of rotatable bonds is 5. The fraction of sp³-hybridized carbons (Fsp3) is 0.167. The molecule has 0 radical (unpaired) electrons. The van der Waals surface area contributed by atoms with Gasteiger partial charge in [-0.2, -0.15) is 5.26 Å². The summed E-state index contributed by atoms with van der Waals surface area (Å²) in [5, 5.41) is 14.8. The Bertz CT molecular complexity index is 1140. The van der Waals surface area contributed by atoms with E-state index in [1.54, 1.807) is 18.2 Å². The Labute approximate surface area is 175 Å². The molecule has 0 aliphatic heterocycles. The van der Waals surface area contributed by atoms with Crippen LogP contribution in [0.3, 0.4) is 0 Å². The van der Waals surface area contributed by atoms with E-state index in [-0.39, 0.29) is 11.7 Å². The minimum absolute atomic E-state index is 0.0216. The van der Waals surface area contributed by atoms with Crippen LogP contribution in [0.1, 0.15) is 25.0 Å². The number of carbonyl (C=O) groups is 1. The third-order valence-corrected chi connectivity index (χ3v) is 4.78. The van der Waals surface area contributed by atoms with Crippen molar-refractivity contribution in [2.75, 3.05) is 5.32 Å². The molecule has 3 aromatic carbocycles. The van der Waals surface area contributed by atoms with Crippen LogP contribution in [-0.4, -0.2) is 12.0 Å². The van der Waals surface area contributed by atoms with Crippen molar-refractivity contribution in [1.29, 1.82) is 5.26 Å². The van der Waals surface area contributed by atoms with Crippen LogP contribution in [0.15, 0.2) is 60.2 Å². The van der Waals surface area contributed by atoms with Crippen LogP contribution < -0.4 is 10.1 Å². The molecule has 1 amide bonds. The van der Waals surface area contributed by atoms with Gasteiger partial charge in [-0.05, 0) is 61.4 Å². The van der Waals surface area contributed by atoms with Crippen LogP contribution >= 0.6 is 11.6 Å². The van der Waals surface area contributed by atoms with E-state index in [1.807, 2.05) is 69.3 Å². The second-order valence-electron chi connectivity index (χ2n) is 6.95. The van der Waals surface area contributed by atoms with E-state index < -0.39 is 5.91 Å². The molecule has 1 N–H and O–H groups in total. The average molecular weight is 405 g/mol. The molecule has 0 fully saturated rings. The molecule has 0 atom stereocenters. The van der Waals surface area contributed by atoms with E-state index in [0.29, 0.717) is 22.0 Å². The SMILES string of the molecule is Cc1ccc(NC(=O)/C(C#N)=C/c2c(OC(C)C)ccc3ccccc23)cc1Cl. The summed E-state index contributed by atoms with van der Waals surface area (Å²) in [6.07, 6.45) is 1.53. The van der Waals surface area contributed by atoms with Crippen molar-refractivity contribution in [2.45, 2.75) is 26.9 Å². The lowest BCUT2D eigenvalue weighted by Crippen LogP contribution is -2.14. The Morgan fingerprint density at radius 1 is 1.17 bits per heavy atom. The second kappa shape index (κ2) is 8.81. The van der Waals surface area contributed by atoms with E-state index in [0.717, 1.165) is 16.3 Å². The first-order chi connectivity index (χ1) is 13.9. The summed E-state index contributed by atoms with van der Waals surface area (Å²) >= 11 is 6.13. The maximum Gasteiger partial charge on any atom is 0.266 e. The van der Waals surface area contributed by atoms with Gasteiger partial charge in [0.25, 0.3) is 5.91 Å². The van der Waals surface area contributed by atoms with E-state index in [4.69, 9.17) is 16.3 Å². The van der Waals surface area contributed by atoms with E-state index >= 15 is 0 Å². The van der Waals surface area contributed by atoms with Crippen molar-refractivity contribution < 1.29 is 9.53 Å². The van der Waals surface area contributed by atoms with Crippen molar-refractivity contribution in [3.05, 3.63) is 76.3 Å². The number of hydrogen-bond donors (Lipinski definition) is 1. The minimum Gasteiger partial charge on any atom is -0.490 e. The van der Waals surface area contributed by atoms with E-state index in [1.165, 1.54) is 0 Å². The summed E-state index contributed by atoms with van der Waals surface area (Å²) < 4.78 is 5.92. The summed E-state index contributed by atoms with van der Waals surface area (Å²) in [5.41, 5.74) is 2.12. The van der Waals surface area contributed by atoms with Gasteiger partial charge in [0.2, 0.25) is 0 Å². The van der Waals surface area contributed by atoms with Gasteiger partial charge in [0.1, 0.15) is 17.4 Å². The summed E-state index contributed by atoms with van der Waals surface area (Å²) in [6.45, 7) is 5.74. The van der Waals surface area contributed by atoms with Crippen molar-refractivity contribution in [1.82, 2.24) is 0 Å². The highest BCUT2D eigenvalue weighted by atomic mass is 35.5. The van der Waals surface area contributed by atoms with Gasteiger partial charge < -0.3 is 10.1 Å². The number of halogens is 1. The summed E-state index contributed by atoms with van der Waals surface area (Å²) in [6, 6.07) is 18.8. The number of fused-ring (bicyclic) bond motifs is 1. The highest BCUT2D eigenvalue weighted by Crippen LogP contribution is 2.31. The Hall–Kier alpha value is -3.29. The molecule has 0 spiro atoms. The van der Waals surface area contributed by atoms with Crippen LogP contribution in [0.5, 0.6) is 5.75 Å². The van der Waals surface area contributed by atoms with Gasteiger partial charge >= 0.3 is 0 Å². The molecule has 5 heteroatoms. The fourth-order valence-electron chi connectivity index (χ4n) is 2.94. The summed E-state index contributed by atoms with van der Waals surface area (Å²) in [5.74, 6) is 0.119. The fourth-order valence-corrected chi connectivity index (χ4v) is 3.12. The molecule has 146 valence electrons. The Morgan fingerprint density at radius 2 is 1.93 bits per heavy atom.